The van der Waals surface area contributed by atoms with Gasteiger partial charge in [-0.3, -0.25) is 0 Å². The van der Waals surface area contributed by atoms with Gasteiger partial charge >= 0.3 is 6.61 Å². The molecule has 0 atom stereocenters. The average Bonchev–Trinajstić information content (AvgIpc) is 2.42. The number of thiocarbonyl (C=S) groups is 1. The van der Waals surface area contributed by atoms with Crippen LogP contribution in [0.25, 0.3) is 0 Å². The van der Waals surface area contributed by atoms with E-state index in [1.165, 1.54) is 24.3 Å². The van der Waals surface area contributed by atoms with Crippen molar-refractivity contribution in [2.75, 3.05) is 5.32 Å². The molecule has 0 bridgehead atoms. The third-order valence-corrected chi connectivity index (χ3v) is 2.84. The smallest absolute Gasteiger partial charge is 0.387 e. The third kappa shape index (κ3) is 3.85. The summed E-state index contributed by atoms with van der Waals surface area (Å²) in [5.74, 6) is -0.536. The van der Waals surface area contributed by atoms with E-state index in [9.17, 15) is 13.2 Å². The molecule has 2 aromatic carbocycles. The minimum absolute atomic E-state index is 0.00995. The van der Waals surface area contributed by atoms with Crippen LogP contribution in [-0.2, 0) is 0 Å². The number of rotatable bonds is 5. The molecule has 2 rings (SSSR count). The van der Waals surface area contributed by atoms with Crippen molar-refractivity contribution in [1.82, 2.24) is 0 Å². The van der Waals surface area contributed by atoms with Crippen LogP contribution in [0.5, 0.6) is 5.75 Å². The van der Waals surface area contributed by atoms with Gasteiger partial charge in [-0.05, 0) is 30.3 Å². The van der Waals surface area contributed by atoms with Crippen LogP contribution in [-0.4, -0.2) is 11.6 Å². The Hall–Kier alpha value is -2.28. The molecule has 3 N–H and O–H groups in total. The summed E-state index contributed by atoms with van der Waals surface area (Å²) in [6.45, 7) is -2.95. The van der Waals surface area contributed by atoms with Crippen LogP contribution in [0, 0.1) is 5.82 Å². The van der Waals surface area contributed by atoms with E-state index in [-0.39, 0.29) is 16.3 Å². The topological polar surface area (TPSA) is 47.3 Å². The Morgan fingerprint density at radius 2 is 1.86 bits per heavy atom. The maximum atomic E-state index is 13.2. The van der Waals surface area contributed by atoms with Crippen LogP contribution < -0.4 is 15.8 Å². The lowest BCUT2D eigenvalue weighted by molar-refractivity contribution is -0.0493. The van der Waals surface area contributed by atoms with Crippen molar-refractivity contribution in [3.8, 4) is 5.75 Å². The van der Waals surface area contributed by atoms with Crippen molar-refractivity contribution in [3.63, 3.8) is 0 Å². The molecular weight excluding hydrogens is 301 g/mol. The zero-order chi connectivity index (χ0) is 15.4. The lowest BCUT2D eigenvalue weighted by Crippen LogP contribution is -2.13. The fraction of sp³-hybridized carbons (Fsp3) is 0.0714. The van der Waals surface area contributed by atoms with Crippen molar-refractivity contribution in [3.05, 3.63) is 53.8 Å². The maximum Gasteiger partial charge on any atom is 0.387 e. The van der Waals surface area contributed by atoms with E-state index >= 15 is 0 Å². The predicted octanol–water partition coefficient (Wildman–Crippen LogP) is 3.80. The highest BCUT2D eigenvalue weighted by Crippen LogP contribution is 2.30. The van der Waals surface area contributed by atoms with Crippen LogP contribution in [0.3, 0.4) is 0 Å². The fourth-order valence-electron chi connectivity index (χ4n) is 1.74. The zero-order valence-corrected chi connectivity index (χ0v) is 11.5. The zero-order valence-electron chi connectivity index (χ0n) is 10.6. The minimum atomic E-state index is -2.95. The Morgan fingerprint density at radius 1 is 1.14 bits per heavy atom. The number of ether oxygens (including phenoxy) is 1. The Labute approximate surface area is 124 Å². The SMILES string of the molecule is NC(=S)c1cc(F)ccc1Nc1ccccc1OC(F)F. The summed E-state index contributed by atoms with van der Waals surface area (Å²) in [6, 6.07) is 9.93. The molecular formula is C14H11F3N2OS. The van der Waals surface area contributed by atoms with Gasteiger partial charge in [-0.1, -0.05) is 24.4 Å². The molecule has 7 heteroatoms. The van der Waals surface area contributed by atoms with Gasteiger partial charge in [0.25, 0.3) is 0 Å². The Morgan fingerprint density at radius 3 is 2.52 bits per heavy atom. The lowest BCUT2D eigenvalue weighted by Gasteiger charge is -2.15. The molecule has 2 aromatic rings. The first-order valence-electron chi connectivity index (χ1n) is 5.87. The molecule has 0 radical (unpaired) electrons. The first-order chi connectivity index (χ1) is 9.97. The molecule has 3 nitrogen and oxygen atoms in total. The van der Waals surface area contributed by atoms with E-state index in [0.29, 0.717) is 11.4 Å². The van der Waals surface area contributed by atoms with E-state index in [2.05, 4.69) is 10.1 Å². The van der Waals surface area contributed by atoms with Gasteiger partial charge in [-0.25, -0.2) is 4.39 Å². The van der Waals surface area contributed by atoms with Gasteiger partial charge in [-0.2, -0.15) is 8.78 Å². The molecule has 21 heavy (non-hydrogen) atoms. The number of nitrogens with one attached hydrogen (secondary N) is 1. The Balaban J connectivity index is 2.37. The van der Waals surface area contributed by atoms with Gasteiger partial charge in [-0.15, -0.1) is 0 Å². The molecule has 0 aliphatic carbocycles. The molecule has 0 unspecified atom stereocenters. The first kappa shape index (κ1) is 15.1. The molecule has 0 amide bonds. The number of hydrogen-bond donors (Lipinski definition) is 2. The third-order valence-electron chi connectivity index (χ3n) is 2.62. The van der Waals surface area contributed by atoms with Crippen LogP contribution in [0.4, 0.5) is 24.5 Å². The summed E-state index contributed by atoms with van der Waals surface area (Å²) in [5.41, 5.74) is 6.50. The molecule has 0 spiro atoms. The summed E-state index contributed by atoms with van der Waals surface area (Å²) >= 11 is 4.85. The van der Waals surface area contributed by atoms with E-state index < -0.39 is 12.4 Å². The van der Waals surface area contributed by atoms with Gasteiger partial charge in [0, 0.05) is 11.3 Å². The van der Waals surface area contributed by atoms with E-state index in [1.807, 2.05) is 0 Å². The standard InChI is InChI=1S/C14H11F3N2OS/c15-8-5-6-10(9(7-8)13(18)21)19-11-3-1-2-4-12(11)20-14(16)17/h1-7,14,19H,(H2,18,21). The second-order valence-electron chi connectivity index (χ2n) is 4.05. The summed E-state index contributed by atoms with van der Waals surface area (Å²) in [5, 5.41) is 2.86. The quantitative estimate of drug-likeness (QED) is 0.824. The van der Waals surface area contributed by atoms with Crippen LogP contribution in [0.15, 0.2) is 42.5 Å². The monoisotopic (exact) mass is 312 g/mol. The average molecular weight is 312 g/mol. The number of para-hydroxylation sites is 2. The van der Waals surface area contributed by atoms with E-state index in [4.69, 9.17) is 18.0 Å². The van der Waals surface area contributed by atoms with Crippen molar-refractivity contribution in [1.29, 1.82) is 0 Å². The van der Waals surface area contributed by atoms with Gasteiger partial charge in [0.05, 0.1) is 5.69 Å². The molecule has 0 saturated heterocycles. The Kier molecular flexibility index (Phi) is 4.64. The van der Waals surface area contributed by atoms with Crippen molar-refractivity contribution in [2.24, 2.45) is 5.73 Å². The molecule has 0 fully saturated rings. The molecule has 0 aliphatic heterocycles. The normalized spacial score (nSPS) is 10.5. The number of nitrogens with two attached hydrogens (primary N) is 1. The van der Waals surface area contributed by atoms with Gasteiger partial charge in [0.2, 0.25) is 0 Å². The number of hydrogen-bond acceptors (Lipinski definition) is 3. The minimum Gasteiger partial charge on any atom is -0.433 e. The molecule has 110 valence electrons. The second-order valence-corrected chi connectivity index (χ2v) is 4.49. The van der Waals surface area contributed by atoms with Gasteiger partial charge < -0.3 is 15.8 Å². The molecule has 0 heterocycles. The summed E-state index contributed by atoms with van der Waals surface area (Å²) in [6.07, 6.45) is 0. The second kappa shape index (κ2) is 6.45. The van der Waals surface area contributed by atoms with Gasteiger partial charge in [0.15, 0.2) is 0 Å². The highest BCUT2D eigenvalue weighted by molar-refractivity contribution is 7.80. The molecule has 0 saturated carbocycles. The van der Waals surface area contributed by atoms with Gasteiger partial charge in [0.1, 0.15) is 16.6 Å². The predicted molar refractivity (Wildman–Crippen MR) is 78.6 cm³/mol. The summed E-state index contributed by atoms with van der Waals surface area (Å²) in [7, 11) is 0. The number of alkyl halides is 2. The number of halogens is 3. The van der Waals surface area contributed by atoms with Crippen molar-refractivity contribution in [2.45, 2.75) is 6.61 Å². The van der Waals surface area contributed by atoms with E-state index in [0.717, 1.165) is 0 Å². The Bertz CT molecular complexity index is 664. The maximum absolute atomic E-state index is 13.2. The largest absolute Gasteiger partial charge is 0.433 e. The lowest BCUT2D eigenvalue weighted by atomic mass is 10.1. The van der Waals surface area contributed by atoms with E-state index in [1.54, 1.807) is 18.2 Å². The highest BCUT2D eigenvalue weighted by atomic mass is 32.1. The summed E-state index contributed by atoms with van der Waals surface area (Å²) in [4.78, 5) is -0.00995. The molecule has 0 aliphatic rings. The number of anilines is 2. The van der Waals surface area contributed by atoms with Crippen LogP contribution in [0.1, 0.15) is 5.56 Å². The van der Waals surface area contributed by atoms with Crippen LogP contribution in [0.2, 0.25) is 0 Å². The van der Waals surface area contributed by atoms with Crippen LogP contribution >= 0.6 is 12.2 Å². The highest BCUT2D eigenvalue weighted by Gasteiger charge is 2.12. The molecule has 0 aromatic heterocycles. The summed E-state index contributed by atoms with van der Waals surface area (Å²) < 4.78 is 42.4. The number of benzene rings is 2. The van der Waals surface area contributed by atoms with Crippen molar-refractivity contribution < 1.29 is 17.9 Å². The fourth-order valence-corrected chi connectivity index (χ4v) is 1.91. The van der Waals surface area contributed by atoms with Crippen molar-refractivity contribution >= 4 is 28.6 Å². The first-order valence-corrected chi connectivity index (χ1v) is 6.28.